The number of carbonyl (C=O) groups is 4. The number of pyridine rings is 2. The molecule has 8 aromatic rings. The first-order valence-electron chi connectivity index (χ1n) is 33.8. The SMILES string of the molecule is CCOc1cc(C(O)C(Cn2cc3cncc(C(=O)O)c3n2)OC2CCCC2)cc(OCCC2CCC(OC(Cn3nnc4cccc(C(=O)OC5CCC(OC(Cc6nc(CC(=O)OC)c(C(=O)O)s6)C(O)c6cc(OC)c(C)c(OC)c6)C5)c43)C(O)c3cc(OC)c(C)c(OC)c3)C2)n1. The van der Waals surface area contributed by atoms with Crippen molar-refractivity contribution >= 4 is 57.2 Å². The highest BCUT2D eigenvalue weighted by molar-refractivity contribution is 7.13. The summed E-state index contributed by atoms with van der Waals surface area (Å²) in [7, 11) is 7.28. The number of fused-ring (bicyclic) bond motifs is 2. The van der Waals surface area contributed by atoms with E-state index >= 15 is 0 Å². The highest BCUT2D eigenvalue weighted by atomic mass is 32.1. The van der Waals surface area contributed by atoms with E-state index in [-0.39, 0.29) is 96.1 Å². The number of nitrogens with zero attached hydrogens (tertiary/aromatic N) is 8. The van der Waals surface area contributed by atoms with Gasteiger partial charge in [0.15, 0.2) is 0 Å². The van der Waals surface area contributed by atoms with E-state index in [0.717, 1.165) is 49.0 Å². The van der Waals surface area contributed by atoms with Crippen LogP contribution in [0.5, 0.6) is 34.8 Å². The molecular formula is C72H86N8O20S. The molecular weight excluding hydrogens is 1330 g/mol. The summed E-state index contributed by atoms with van der Waals surface area (Å²) < 4.78 is 69.5. The minimum atomic E-state index is -1.32. The lowest BCUT2D eigenvalue weighted by molar-refractivity contribution is -0.139. The summed E-state index contributed by atoms with van der Waals surface area (Å²) in [6.45, 7) is 6.12. The number of aromatic nitrogens is 8. The molecule has 3 aromatic carbocycles. The number of carboxylic acid groups (broad SMARTS) is 2. The van der Waals surface area contributed by atoms with Crippen LogP contribution in [0.1, 0.15) is 165 Å². The molecule has 29 heteroatoms. The number of thiazole rings is 1. The maximum Gasteiger partial charge on any atom is 0.347 e. The molecule has 3 aliphatic rings. The van der Waals surface area contributed by atoms with Crippen molar-refractivity contribution in [2.24, 2.45) is 5.92 Å². The second-order valence-corrected chi connectivity index (χ2v) is 26.7. The number of carboxylic acids is 2. The van der Waals surface area contributed by atoms with Gasteiger partial charge in [0.1, 0.15) is 86.6 Å². The number of para-hydroxylation sites is 1. The number of aromatic carboxylic acids is 2. The van der Waals surface area contributed by atoms with E-state index < -0.39 is 72.7 Å². The molecule has 10 unspecified atom stereocenters. The van der Waals surface area contributed by atoms with Crippen molar-refractivity contribution in [1.29, 1.82) is 0 Å². The molecule has 28 nitrogen and oxygen atoms in total. The molecule has 5 N–H and O–H groups in total. The Balaban J connectivity index is 0.781. The highest BCUT2D eigenvalue weighted by Crippen LogP contribution is 2.41. The first-order chi connectivity index (χ1) is 48.7. The number of methoxy groups -OCH3 is 5. The van der Waals surface area contributed by atoms with Gasteiger partial charge in [-0.25, -0.2) is 24.0 Å². The van der Waals surface area contributed by atoms with Crippen LogP contribution >= 0.6 is 11.3 Å². The van der Waals surface area contributed by atoms with Crippen LogP contribution in [-0.4, -0.2) is 181 Å². The minimum absolute atomic E-state index is 0.0220. The third-order valence-corrected chi connectivity index (χ3v) is 20.1. The summed E-state index contributed by atoms with van der Waals surface area (Å²) in [5, 5.41) is 71.2. The third kappa shape index (κ3) is 17.3. The van der Waals surface area contributed by atoms with Crippen molar-refractivity contribution in [3.63, 3.8) is 0 Å². The summed E-state index contributed by atoms with van der Waals surface area (Å²) >= 11 is 0.869. The first-order valence-corrected chi connectivity index (χ1v) is 34.7. The van der Waals surface area contributed by atoms with Gasteiger partial charge in [-0.2, -0.15) is 10.1 Å². The lowest BCUT2D eigenvalue weighted by Crippen LogP contribution is -2.32. The fraction of sp³-hybridized carbons (Fsp3) is 0.500. The number of ether oxygens (including phenoxy) is 11. The van der Waals surface area contributed by atoms with Gasteiger partial charge in [-0.05, 0) is 131 Å². The second kappa shape index (κ2) is 33.1. The number of carbonyl (C=O) groups excluding carboxylic acids is 2. The van der Waals surface area contributed by atoms with Crippen LogP contribution in [0.25, 0.3) is 21.9 Å². The number of esters is 2. The van der Waals surface area contributed by atoms with Crippen LogP contribution in [0.3, 0.4) is 0 Å². The molecule has 0 bridgehead atoms. The zero-order valence-electron chi connectivity index (χ0n) is 57.6. The van der Waals surface area contributed by atoms with E-state index in [0.29, 0.717) is 105 Å². The van der Waals surface area contributed by atoms with Gasteiger partial charge < -0.3 is 77.6 Å². The molecule has 0 saturated heterocycles. The van der Waals surface area contributed by atoms with Crippen molar-refractivity contribution < 1.29 is 96.8 Å². The highest BCUT2D eigenvalue weighted by Gasteiger charge is 2.38. The fourth-order valence-corrected chi connectivity index (χ4v) is 14.7. The standard InChI is InChI=1S/C72H86N8O20S/c1-9-95-60-28-43(68(84)58(97-45-13-10-11-14-45)36-79-35-44-33-73-34-50(70(85)86)64(44)77-79)29-61(75-60)96-22-21-40-17-18-46(23-40)99-59(67(83)42-26-55(92-6)39(3)56(27-42)93-7)37-80-65-49(15-12-16-51(65)76-78-80)72(89)100-48-20-19-47(30-48)98-57(66(82)41-24-53(90-4)38(2)54(25-41)91-5)32-62-74-52(31-63(81)94-8)69(101-62)71(87)88/h12,15-16,24-29,33-35,40,45-48,57-59,66-68,82-84H,9-11,13-14,17-23,30-32,36-37H2,1-8H3,(H,85,86)(H,87,88). The maximum absolute atomic E-state index is 14.6. The molecule has 0 spiro atoms. The first kappa shape index (κ1) is 73.1. The summed E-state index contributed by atoms with van der Waals surface area (Å²) in [5.41, 5.74) is 3.92. The quantitative estimate of drug-likeness (QED) is 0.0234. The Labute approximate surface area is 586 Å². The van der Waals surface area contributed by atoms with Gasteiger partial charge in [-0.15, -0.1) is 16.4 Å². The Bertz CT molecular complexity index is 4180. The van der Waals surface area contributed by atoms with Crippen molar-refractivity contribution in [2.75, 3.05) is 48.8 Å². The molecule has 5 heterocycles. The lowest BCUT2D eigenvalue weighted by atomic mass is 9.99. The molecule has 0 amide bonds. The van der Waals surface area contributed by atoms with Gasteiger partial charge in [-0.3, -0.25) is 14.5 Å². The fourth-order valence-electron chi connectivity index (χ4n) is 13.8. The van der Waals surface area contributed by atoms with Gasteiger partial charge in [0.05, 0.1) is 109 Å². The Morgan fingerprint density at radius 3 is 1.88 bits per heavy atom. The zero-order chi connectivity index (χ0) is 71.6. The Hall–Kier alpha value is -9.10. The second-order valence-electron chi connectivity index (χ2n) is 25.6. The van der Waals surface area contributed by atoms with E-state index in [4.69, 9.17) is 52.1 Å². The Morgan fingerprint density at radius 1 is 0.653 bits per heavy atom. The van der Waals surface area contributed by atoms with E-state index in [9.17, 15) is 44.7 Å². The maximum atomic E-state index is 14.6. The number of hydrogen-bond acceptors (Lipinski definition) is 25. The molecule has 5 aromatic heterocycles. The number of benzene rings is 3. The molecule has 3 aliphatic carbocycles. The van der Waals surface area contributed by atoms with Gasteiger partial charge in [-0.1, -0.05) is 24.1 Å². The number of aliphatic hydroxyl groups is 3. The molecule has 0 radical (unpaired) electrons. The molecule has 10 atom stereocenters. The smallest absolute Gasteiger partial charge is 0.347 e. The molecule has 3 fully saturated rings. The van der Waals surface area contributed by atoms with E-state index in [1.807, 2.05) is 20.8 Å². The molecule has 11 rings (SSSR count). The van der Waals surface area contributed by atoms with Crippen molar-refractivity contribution in [3.05, 3.63) is 128 Å². The van der Waals surface area contributed by atoms with Crippen molar-refractivity contribution in [3.8, 4) is 34.8 Å². The predicted octanol–water partition coefficient (Wildman–Crippen LogP) is 9.45. The summed E-state index contributed by atoms with van der Waals surface area (Å²) in [4.78, 5) is 64.4. The van der Waals surface area contributed by atoms with E-state index in [1.165, 1.54) is 41.7 Å². The zero-order valence-corrected chi connectivity index (χ0v) is 58.5. The van der Waals surface area contributed by atoms with Gasteiger partial charge in [0.2, 0.25) is 11.8 Å². The predicted molar refractivity (Wildman–Crippen MR) is 364 cm³/mol. The number of aliphatic hydroxyl groups excluding tert-OH is 3. The number of rotatable bonds is 34. The van der Waals surface area contributed by atoms with Gasteiger partial charge >= 0.3 is 23.9 Å². The summed E-state index contributed by atoms with van der Waals surface area (Å²) in [5.74, 6) is -1.22. The van der Waals surface area contributed by atoms with E-state index in [2.05, 4.69) is 30.4 Å². The molecule has 3 saturated carbocycles. The van der Waals surface area contributed by atoms with Crippen LogP contribution in [0, 0.1) is 19.8 Å². The van der Waals surface area contributed by atoms with Gasteiger partial charge in [0, 0.05) is 60.1 Å². The van der Waals surface area contributed by atoms with Crippen LogP contribution in [0.2, 0.25) is 0 Å². The molecule has 101 heavy (non-hydrogen) atoms. The summed E-state index contributed by atoms with van der Waals surface area (Å²) in [6.07, 6.45) is 3.27. The van der Waals surface area contributed by atoms with Gasteiger partial charge in [0.25, 0.3) is 0 Å². The third-order valence-electron chi connectivity index (χ3n) is 19.0. The minimum Gasteiger partial charge on any atom is -0.496 e. The molecule has 540 valence electrons. The Morgan fingerprint density at radius 2 is 1.25 bits per heavy atom. The average molecular weight is 1420 g/mol. The van der Waals surface area contributed by atoms with Crippen molar-refractivity contribution in [2.45, 2.75) is 178 Å². The lowest BCUT2D eigenvalue weighted by Gasteiger charge is -2.28. The van der Waals surface area contributed by atoms with Crippen LogP contribution in [0.4, 0.5) is 0 Å². The van der Waals surface area contributed by atoms with E-state index in [1.54, 1.807) is 76.4 Å². The largest absolute Gasteiger partial charge is 0.496 e. The number of hydrogen-bond donors (Lipinski definition) is 5. The normalized spacial score (nSPS) is 18.8. The van der Waals surface area contributed by atoms with Crippen molar-refractivity contribution in [1.82, 2.24) is 39.7 Å². The van der Waals surface area contributed by atoms with Crippen LogP contribution in [-0.2, 0) is 54.4 Å². The topological polar surface area (TPSA) is 358 Å². The average Bonchev–Trinajstić information content (AvgIpc) is 1.76. The summed E-state index contributed by atoms with van der Waals surface area (Å²) in [6, 6.07) is 15.2. The monoisotopic (exact) mass is 1410 g/mol. The molecule has 0 aliphatic heterocycles. The van der Waals surface area contributed by atoms with Crippen LogP contribution < -0.4 is 28.4 Å². The Kier molecular flexibility index (Phi) is 24.0. The van der Waals surface area contributed by atoms with Crippen LogP contribution in [0.15, 0.2) is 73.2 Å².